The van der Waals surface area contributed by atoms with Crippen molar-refractivity contribution in [2.75, 3.05) is 20.1 Å². The number of likely N-dealkylation sites (N-methyl/N-ethyl adjacent to an activating group) is 1. The quantitative estimate of drug-likeness (QED) is 0.602. The molecule has 0 aromatic heterocycles. The number of nitrogens with one attached hydrogen (secondary N) is 1. The van der Waals surface area contributed by atoms with Crippen LogP contribution in [0.2, 0.25) is 0 Å². The number of aliphatic hydroxyl groups excluding tert-OH is 1. The molecule has 1 saturated carbocycles. The van der Waals surface area contributed by atoms with Crippen LogP contribution in [-0.2, 0) is 0 Å². The summed E-state index contributed by atoms with van der Waals surface area (Å²) in [5.41, 5.74) is 0. The van der Waals surface area contributed by atoms with Gasteiger partial charge in [0, 0.05) is 25.2 Å². The zero-order chi connectivity index (χ0) is 8.55. The third-order valence-electron chi connectivity index (χ3n) is 3.30. The van der Waals surface area contributed by atoms with Crippen LogP contribution in [0.4, 0.5) is 0 Å². The molecule has 2 N–H and O–H groups in total. The minimum absolute atomic E-state index is 0.0735. The van der Waals surface area contributed by atoms with E-state index < -0.39 is 0 Å². The smallest absolute Gasteiger partial charge is 0.0695 e. The van der Waals surface area contributed by atoms with Gasteiger partial charge in [-0.05, 0) is 26.3 Å². The molecule has 70 valence electrons. The highest BCUT2D eigenvalue weighted by atomic mass is 16.3. The Morgan fingerprint density at radius 2 is 2.08 bits per heavy atom. The Kier molecular flexibility index (Phi) is 2.35. The van der Waals surface area contributed by atoms with E-state index in [0.717, 1.165) is 19.5 Å². The zero-order valence-electron chi connectivity index (χ0n) is 7.66. The molecule has 0 spiro atoms. The van der Waals surface area contributed by atoms with Crippen molar-refractivity contribution in [1.29, 1.82) is 0 Å². The molecular weight excluding hydrogens is 152 g/mol. The highest BCUT2D eigenvalue weighted by Gasteiger charge is 2.34. The third kappa shape index (κ3) is 1.37. The van der Waals surface area contributed by atoms with E-state index in [-0.39, 0.29) is 6.10 Å². The van der Waals surface area contributed by atoms with E-state index in [0.29, 0.717) is 12.1 Å². The summed E-state index contributed by atoms with van der Waals surface area (Å²) in [6.45, 7) is 2.19. The van der Waals surface area contributed by atoms with Crippen molar-refractivity contribution < 1.29 is 5.11 Å². The molecule has 12 heavy (non-hydrogen) atoms. The highest BCUT2D eigenvalue weighted by molar-refractivity contribution is 4.91. The van der Waals surface area contributed by atoms with E-state index in [2.05, 4.69) is 17.3 Å². The summed E-state index contributed by atoms with van der Waals surface area (Å²) in [5.74, 6) is 0. The predicted molar refractivity (Wildman–Crippen MR) is 48.1 cm³/mol. The Morgan fingerprint density at radius 1 is 1.33 bits per heavy atom. The van der Waals surface area contributed by atoms with Crippen LogP contribution in [0.25, 0.3) is 0 Å². The molecule has 0 radical (unpaired) electrons. The van der Waals surface area contributed by atoms with E-state index >= 15 is 0 Å². The lowest BCUT2D eigenvalue weighted by Gasteiger charge is -2.40. The highest BCUT2D eigenvalue weighted by Crippen LogP contribution is 2.25. The van der Waals surface area contributed by atoms with Gasteiger partial charge in [-0.2, -0.15) is 0 Å². The van der Waals surface area contributed by atoms with Gasteiger partial charge in [0.25, 0.3) is 0 Å². The van der Waals surface area contributed by atoms with Crippen LogP contribution in [0.1, 0.15) is 19.3 Å². The Labute approximate surface area is 73.8 Å². The lowest BCUT2D eigenvalue weighted by atomic mass is 10.1. The van der Waals surface area contributed by atoms with Crippen LogP contribution in [0.15, 0.2) is 0 Å². The van der Waals surface area contributed by atoms with Gasteiger partial charge >= 0.3 is 0 Å². The Balaban J connectivity index is 1.89. The lowest BCUT2D eigenvalue weighted by Crippen LogP contribution is -2.59. The van der Waals surface area contributed by atoms with Crippen molar-refractivity contribution in [2.45, 2.75) is 37.5 Å². The van der Waals surface area contributed by atoms with E-state index in [9.17, 15) is 5.11 Å². The molecule has 3 nitrogen and oxygen atoms in total. The summed E-state index contributed by atoms with van der Waals surface area (Å²) in [7, 11) is 2.14. The molecule has 2 unspecified atom stereocenters. The first-order valence-corrected chi connectivity index (χ1v) is 4.90. The van der Waals surface area contributed by atoms with Crippen LogP contribution >= 0.6 is 0 Å². The fourth-order valence-electron chi connectivity index (χ4n) is 2.23. The number of rotatable bonds is 2. The molecule has 2 atom stereocenters. The molecule has 1 aliphatic carbocycles. The van der Waals surface area contributed by atoms with Gasteiger partial charge in [0.05, 0.1) is 6.10 Å². The largest absolute Gasteiger partial charge is 0.391 e. The molecule has 1 saturated heterocycles. The Bertz CT molecular complexity index is 159. The van der Waals surface area contributed by atoms with Crippen LogP contribution in [-0.4, -0.2) is 48.3 Å². The summed E-state index contributed by atoms with van der Waals surface area (Å²) in [6, 6.07) is 1.10. The first kappa shape index (κ1) is 8.48. The topological polar surface area (TPSA) is 35.5 Å². The van der Waals surface area contributed by atoms with Gasteiger partial charge in [-0.1, -0.05) is 0 Å². The second-order valence-corrected chi connectivity index (χ2v) is 4.04. The van der Waals surface area contributed by atoms with Crippen LogP contribution in [0.5, 0.6) is 0 Å². The van der Waals surface area contributed by atoms with Crippen LogP contribution in [0, 0.1) is 0 Å². The summed E-state index contributed by atoms with van der Waals surface area (Å²) < 4.78 is 0. The Hall–Kier alpha value is -0.120. The molecule has 0 aromatic carbocycles. The second-order valence-electron chi connectivity index (χ2n) is 4.04. The van der Waals surface area contributed by atoms with Gasteiger partial charge < -0.3 is 10.4 Å². The van der Waals surface area contributed by atoms with Crippen molar-refractivity contribution in [3.05, 3.63) is 0 Å². The maximum absolute atomic E-state index is 9.67. The number of hydrogen-bond acceptors (Lipinski definition) is 3. The van der Waals surface area contributed by atoms with E-state index in [1.54, 1.807) is 0 Å². The molecule has 2 aliphatic rings. The molecule has 0 amide bonds. The van der Waals surface area contributed by atoms with Gasteiger partial charge in [-0.25, -0.2) is 0 Å². The average molecular weight is 170 g/mol. The average Bonchev–Trinajstić information content (AvgIpc) is 2.31. The summed E-state index contributed by atoms with van der Waals surface area (Å²) in [4.78, 5) is 2.36. The summed E-state index contributed by atoms with van der Waals surface area (Å²) >= 11 is 0. The fourth-order valence-corrected chi connectivity index (χ4v) is 2.23. The summed E-state index contributed by atoms with van der Waals surface area (Å²) in [5, 5.41) is 12.9. The summed E-state index contributed by atoms with van der Waals surface area (Å²) in [6.07, 6.45) is 3.29. The first-order valence-electron chi connectivity index (χ1n) is 4.90. The van der Waals surface area contributed by atoms with Crippen LogP contribution in [0.3, 0.4) is 0 Å². The number of nitrogens with zero attached hydrogens (tertiary/aromatic N) is 1. The third-order valence-corrected chi connectivity index (χ3v) is 3.30. The lowest BCUT2D eigenvalue weighted by molar-refractivity contribution is 0.0454. The van der Waals surface area contributed by atoms with Crippen LogP contribution < -0.4 is 5.32 Å². The zero-order valence-corrected chi connectivity index (χ0v) is 7.66. The maximum atomic E-state index is 9.67. The molecule has 0 bridgehead atoms. The van der Waals surface area contributed by atoms with E-state index in [4.69, 9.17) is 0 Å². The van der Waals surface area contributed by atoms with Crippen molar-refractivity contribution in [3.63, 3.8) is 0 Å². The molecule has 1 aliphatic heterocycles. The minimum Gasteiger partial charge on any atom is -0.391 e. The molecule has 2 fully saturated rings. The predicted octanol–water partition coefficient (Wildman–Crippen LogP) is -0.197. The Morgan fingerprint density at radius 3 is 2.50 bits per heavy atom. The van der Waals surface area contributed by atoms with Gasteiger partial charge in [-0.15, -0.1) is 0 Å². The molecular formula is C9H18N2O. The number of aliphatic hydroxyl groups is 1. The monoisotopic (exact) mass is 170 g/mol. The van der Waals surface area contributed by atoms with Crippen molar-refractivity contribution in [2.24, 2.45) is 0 Å². The van der Waals surface area contributed by atoms with Crippen molar-refractivity contribution in [3.8, 4) is 0 Å². The van der Waals surface area contributed by atoms with E-state index in [1.165, 1.54) is 12.8 Å². The van der Waals surface area contributed by atoms with Gasteiger partial charge in [0.2, 0.25) is 0 Å². The minimum atomic E-state index is -0.0735. The first-order chi connectivity index (χ1) is 5.79. The van der Waals surface area contributed by atoms with Gasteiger partial charge in [0.1, 0.15) is 0 Å². The van der Waals surface area contributed by atoms with Gasteiger partial charge in [-0.3, -0.25) is 4.90 Å². The molecule has 1 heterocycles. The molecule has 2 rings (SSSR count). The molecule has 0 aromatic rings. The number of hydrogen-bond donors (Lipinski definition) is 2. The fraction of sp³-hybridized carbons (Fsp3) is 1.00. The van der Waals surface area contributed by atoms with Gasteiger partial charge in [0.15, 0.2) is 0 Å². The normalized spacial score (nSPS) is 37.2. The van der Waals surface area contributed by atoms with Crippen molar-refractivity contribution >= 4 is 0 Å². The second kappa shape index (κ2) is 3.32. The maximum Gasteiger partial charge on any atom is 0.0695 e. The molecule has 3 heteroatoms. The van der Waals surface area contributed by atoms with E-state index in [1.807, 2.05) is 0 Å². The standard InChI is InChI=1S/C9H18N2O/c1-11(7-5-10-6-7)8-3-2-4-9(8)12/h7-10,12H,2-6H2,1H3. The SMILES string of the molecule is CN(C1CNC1)C1CCCC1O. The van der Waals surface area contributed by atoms with Crippen molar-refractivity contribution in [1.82, 2.24) is 10.2 Å².